The van der Waals surface area contributed by atoms with Crippen LogP contribution >= 0.6 is 0 Å². The molecular formula is C26H40O3. The number of carbonyl (C=O) groups excluding carboxylic acids is 2. The van der Waals surface area contributed by atoms with Gasteiger partial charge >= 0.3 is 0 Å². The molecule has 0 spiro atoms. The Labute approximate surface area is 176 Å². The Morgan fingerprint density at radius 3 is 2.48 bits per heavy atom. The van der Waals surface area contributed by atoms with Gasteiger partial charge in [0.15, 0.2) is 0 Å². The molecule has 5 saturated carbocycles. The van der Waals surface area contributed by atoms with E-state index < -0.39 is 5.60 Å². The highest BCUT2D eigenvalue weighted by Crippen LogP contribution is 2.75. The fourth-order valence-corrected chi connectivity index (χ4v) is 10.3. The Morgan fingerprint density at radius 1 is 1.00 bits per heavy atom. The summed E-state index contributed by atoms with van der Waals surface area (Å²) in [6, 6.07) is 0. The number of rotatable bonds is 1. The van der Waals surface area contributed by atoms with E-state index in [1.165, 1.54) is 25.7 Å². The zero-order valence-corrected chi connectivity index (χ0v) is 18.9. The van der Waals surface area contributed by atoms with Crippen molar-refractivity contribution in [3.63, 3.8) is 0 Å². The maximum Gasteiger partial charge on any atom is 0.136 e. The SMILES string of the molecule is CC(=O)[C@]12CCCC[C@@H]1C[C@@H]1[C@@H]3C[C@@H](C)[C@@]4(O)CC(=O)CC[C@]4(C)[C@@H]3CC[C@]12C. The van der Waals surface area contributed by atoms with Crippen molar-refractivity contribution in [2.24, 2.45) is 45.8 Å². The molecule has 3 heteroatoms. The van der Waals surface area contributed by atoms with Crippen molar-refractivity contribution >= 4 is 11.6 Å². The third-order valence-corrected chi connectivity index (χ3v) is 11.7. The van der Waals surface area contributed by atoms with E-state index in [0.29, 0.717) is 42.3 Å². The average molecular weight is 401 g/mol. The Balaban J connectivity index is 1.56. The molecule has 0 amide bonds. The zero-order chi connectivity index (χ0) is 20.8. The van der Waals surface area contributed by atoms with Crippen LogP contribution in [0.25, 0.3) is 0 Å². The van der Waals surface area contributed by atoms with Crippen LogP contribution in [0.3, 0.4) is 0 Å². The number of aliphatic hydroxyl groups is 1. The smallest absolute Gasteiger partial charge is 0.136 e. The van der Waals surface area contributed by atoms with Gasteiger partial charge in [-0.2, -0.15) is 0 Å². The van der Waals surface area contributed by atoms with Crippen molar-refractivity contribution in [3.8, 4) is 0 Å². The first kappa shape index (κ1) is 20.2. The lowest BCUT2D eigenvalue weighted by atomic mass is 9.40. The minimum absolute atomic E-state index is 0.0959. The van der Waals surface area contributed by atoms with Gasteiger partial charge in [-0.15, -0.1) is 0 Å². The van der Waals surface area contributed by atoms with Crippen molar-refractivity contribution in [2.45, 2.75) is 104 Å². The fraction of sp³-hybridized carbons (Fsp3) is 0.923. The number of hydrogen-bond donors (Lipinski definition) is 1. The van der Waals surface area contributed by atoms with E-state index in [1.54, 1.807) is 0 Å². The predicted octanol–water partition coefficient (Wildman–Crippen LogP) is 5.33. The highest BCUT2D eigenvalue weighted by molar-refractivity contribution is 5.84. The van der Waals surface area contributed by atoms with Crippen LogP contribution in [-0.2, 0) is 9.59 Å². The number of carbonyl (C=O) groups is 2. The van der Waals surface area contributed by atoms with Crippen LogP contribution < -0.4 is 0 Å². The van der Waals surface area contributed by atoms with Gasteiger partial charge in [0, 0.05) is 23.7 Å². The predicted molar refractivity (Wildman–Crippen MR) is 113 cm³/mol. The van der Waals surface area contributed by atoms with E-state index in [1.807, 2.05) is 6.92 Å². The third kappa shape index (κ3) is 2.24. The molecule has 5 aliphatic carbocycles. The maximum atomic E-state index is 13.2. The fourth-order valence-electron chi connectivity index (χ4n) is 10.3. The number of hydrogen-bond acceptors (Lipinski definition) is 3. The minimum atomic E-state index is -0.832. The molecule has 5 fully saturated rings. The summed E-state index contributed by atoms with van der Waals surface area (Å²) in [6.45, 7) is 8.85. The van der Waals surface area contributed by atoms with Gasteiger partial charge in [-0.25, -0.2) is 0 Å². The molecule has 162 valence electrons. The molecule has 0 saturated heterocycles. The largest absolute Gasteiger partial charge is 0.389 e. The first-order valence-electron chi connectivity index (χ1n) is 12.4. The average Bonchev–Trinajstić information content (AvgIpc) is 2.95. The van der Waals surface area contributed by atoms with Crippen molar-refractivity contribution < 1.29 is 14.7 Å². The zero-order valence-electron chi connectivity index (χ0n) is 18.9. The molecule has 0 radical (unpaired) electrons. The van der Waals surface area contributed by atoms with Crippen LogP contribution in [0.1, 0.15) is 98.3 Å². The van der Waals surface area contributed by atoms with E-state index in [9.17, 15) is 14.7 Å². The molecule has 3 nitrogen and oxygen atoms in total. The van der Waals surface area contributed by atoms with Crippen LogP contribution in [0.4, 0.5) is 0 Å². The molecule has 29 heavy (non-hydrogen) atoms. The van der Waals surface area contributed by atoms with Crippen molar-refractivity contribution in [1.82, 2.24) is 0 Å². The molecular weight excluding hydrogens is 360 g/mol. The first-order chi connectivity index (χ1) is 13.6. The summed E-state index contributed by atoms with van der Waals surface area (Å²) < 4.78 is 0. The summed E-state index contributed by atoms with van der Waals surface area (Å²) in [5.41, 5.74) is -0.953. The Bertz CT molecular complexity index is 744. The molecule has 5 aliphatic rings. The molecule has 5 rings (SSSR count). The summed E-state index contributed by atoms with van der Waals surface area (Å²) in [7, 11) is 0. The van der Waals surface area contributed by atoms with Gasteiger partial charge in [0.2, 0.25) is 0 Å². The van der Waals surface area contributed by atoms with Crippen molar-refractivity contribution in [3.05, 3.63) is 0 Å². The molecule has 0 bridgehead atoms. The number of fused-ring (bicyclic) bond motifs is 7. The van der Waals surface area contributed by atoms with Gasteiger partial charge in [0.25, 0.3) is 0 Å². The Kier molecular flexibility index (Phi) is 4.30. The lowest BCUT2D eigenvalue weighted by molar-refractivity contribution is -0.230. The molecule has 0 aliphatic heterocycles. The van der Waals surface area contributed by atoms with E-state index in [2.05, 4.69) is 20.8 Å². The number of Topliss-reactive ketones (excluding diaryl/α,β-unsaturated/α-hetero) is 2. The van der Waals surface area contributed by atoms with Gasteiger partial charge in [-0.3, -0.25) is 9.59 Å². The maximum absolute atomic E-state index is 13.2. The van der Waals surface area contributed by atoms with E-state index in [-0.39, 0.29) is 27.9 Å². The van der Waals surface area contributed by atoms with E-state index >= 15 is 0 Å². The molecule has 1 N–H and O–H groups in total. The van der Waals surface area contributed by atoms with E-state index in [4.69, 9.17) is 0 Å². The molecule has 0 aromatic heterocycles. The quantitative estimate of drug-likeness (QED) is 0.647. The summed E-state index contributed by atoms with van der Waals surface area (Å²) in [4.78, 5) is 25.5. The standard InChI is InChI=1S/C26H40O3/c1-16-13-20-21(24(4)11-8-19(28)15-26(16,24)29)9-12-23(3)22(20)14-18-7-5-6-10-25(18,23)17(2)27/h16,18,20-22,29H,5-15H2,1-4H3/t16-,18-,20-,21-,22-,23-,24-,25-,26+/m1/s1. The van der Waals surface area contributed by atoms with Crippen LogP contribution in [0.15, 0.2) is 0 Å². The van der Waals surface area contributed by atoms with Gasteiger partial charge < -0.3 is 5.11 Å². The molecule has 0 unspecified atom stereocenters. The highest BCUT2D eigenvalue weighted by Gasteiger charge is 2.71. The minimum Gasteiger partial charge on any atom is -0.389 e. The van der Waals surface area contributed by atoms with Crippen LogP contribution in [0.2, 0.25) is 0 Å². The van der Waals surface area contributed by atoms with Gasteiger partial charge in [-0.05, 0) is 86.9 Å². The van der Waals surface area contributed by atoms with Crippen molar-refractivity contribution in [1.29, 1.82) is 0 Å². The summed E-state index contributed by atoms with van der Waals surface area (Å²) in [6.07, 6.45) is 11.2. The van der Waals surface area contributed by atoms with Crippen LogP contribution in [0.5, 0.6) is 0 Å². The second kappa shape index (κ2) is 6.17. The van der Waals surface area contributed by atoms with Gasteiger partial charge in [0.05, 0.1) is 5.60 Å². The summed E-state index contributed by atoms with van der Waals surface area (Å²) in [5, 5.41) is 11.8. The van der Waals surface area contributed by atoms with Gasteiger partial charge in [0.1, 0.15) is 11.6 Å². The molecule has 0 heterocycles. The highest BCUT2D eigenvalue weighted by atomic mass is 16.3. The monoisotopic (exact) mass is 400 g/mol. The summed E-state index contributed by atoms with van der Waals surface area (Å²) in [5.74, 6) is 3.15. The third-order valence-electron chi connectivity index (χ3n) is 11.7. The second-order valence-corrected chi connectivity index (χ2v) is 12.2. The lowest BCUT2D eigenvalue weighted by Gasteiger charge is -2.66. The van der Waals surface area contributed by atoms with Crippen LogP contribution in [-0.4, -0.2) is 22.3 Å². The van der Waals surface area contributed by atoms with Crippen LogP contribution in [0, 0.1) is 45.8 Å². The summed E-state index contributed by atoms with van der Waals surface area (Å²) >= 11 is 0. The second-order valence-electron chi connectivity index (χ2n) is 12.2. The normalized spacial score (nSPS) is 56.7. The first-order valence-corrected chi connectivity index (χ1v) is 12.4. The molecule has 0 aromatic carbocycles. The molecule has 0 aromatic rings. The number of ketones is 2. The Hall–Kier alpha value is -0.700. The Morgan fingerprint density at radius 2 is 1.76 bits per heavy atom. The topological polar surface area (TPSA) is 54.4 Å². The van der Waals surface area contributed by atoms with Gasteiger partial charge in [-0.1, -0.05) is 33.6 Å². The lowest BCUT2D eigenvalue weighted by Crippen LogP contribution is -2.66. The van der Waals surface area contributed by atoms with E-state index in [0.717, 1.165) is 32.1 Å². The molecule has 9 atom stereocenters. The van der Waals surface area contributed by atoms with Crippen molar-refractivity contribution in [2.75, 3.05) is 0 Å².